The number of fused-ring (bicyclic) bond motifs is 1. The van der Waals surface area contributed by atoms with E-state index in [1.54, 1.807) is 35.0 Å². The standard InChI is InChI=1S/C13H9ClN2O3/c14-8-1-2-12-9(5-8)10(11-3-4-19-15-11)6-16(12)7-13(17)18/h1-6H,7H2,(H,17,18). The van der Waals surface area contributed by atoms with E-state index in [-0.39, 0.29) is 6.54 Å². The predicted octanol–water partition coefficient (Wildman–Crippen LogP) is 3.03. The summed E-state index contributed by atoms with van der Waals surface area (Å²) in [5.74, 6) is -0.904. The van der Waals surface area contributed by atoms with Gasteiger partial charge in [0.05, 0.1) is 0 Å². The first kappa shape index (κ1) is 11.8. The zero-order valence-corrected chi connectivity index (χ0v) is 10.5. The molecule has 0 saturated heterocycles. The van der Waals surface area contributed by atoms with Gasteiger partial charge < -0.3 is 14.2 Å². The third-order valence-corrected chi connectivity index (χ3v) is 3.10. The van der Waals surface area contributed by atoms with E-state index in [1.807, 2.05) is 0 Å². The molecule has 3 rings (SSSR count). The van der Waals surface area contributed by atoms with Crippen LogP contribution in [0.1, 0.15) is 0 Å². The van der Waals surface area contributed by atoms with E-state index < -0.39 is 5.97 Å². The van der Waals surface area contributed by atoms with Gasteiger partial charge in [-0.2, -0.15) is 0 Å². The second-order valence-electron chi connectivity index (χ2n) is 4.11. The molecule has 0 spiro atoms. The monoisotopic (exact) mass is 276 g/mol. The van der Waals surface area contributed by atoms with Gasteiger partial charge in [0.1, 0.15) is 18.5 Å². The summed E-state index contributed by atoms with van der Waals surface area (Å²) in [6, 6.07) is 7.04. The van der Waals surface area contributed by atoms with E-state index in [2.05, 4.69) is 5.16 Å². The van der Waals surface area contributed by atoms with Gasteiger partial charge in [-0.25, -0.2) is 0 Å². The highest BCUT2D eigenvalue weighted by atomic mass is 35.5. The van der Waals surface area contributed by atoms with Gasteiger partial charge in [0.25, 0.3) is 0 Å². The van der Waals surface area contributed by atoms with Crippen LogP contribution in [0.15, 0.2) is 41.2 Å². The molecular formula is C13H9ClN2O3. The van der Waals surface area contributed by atoms with Crippen LogP contribution in [0, 0.1) is 0 Å². The number of carbonyl (C=O) groups is 1. The SMILES string of the molecule is O=C(O)Cn1cc(-c2ccon2)c2cc(Cl)ccc21. The second-order valence-corrected chi connectivity index (χ2v) is 4.55. The van der Waals surface area contributed by atoms with Crippen molar-refractivity contribution < 1.29 is 14.4 Å². The fourth-order valence-electron chi connectivity index (χ4n) is 2.10. The fraction of sp³-hybridized carbons (Fsp3) is 0.0769. The van der Waals surface area contributed by atoms with Gasteiger partial charge in [0.15, 0.2) is 0 Å². The summed E-state index contributed by atoms with van der Waals surface area (Å²) in [6.07, 6.45) is 3.22. The van der Waals surface area contributed by atoms with Crippen molar-refractivity contribution in [1.29, 1.82) is 0 Å². The Labute approximate surface area is 113 Å². The lowest BCUT2D eigenvalue weighted by Gasteiger charge is -2.00. The molecule has 0 atom stereocenters. The van der Waals surface area contributed by atoms with Crippen molar-refractivity contribution in [2.45, 2.75) is 6.54 Å². The van der Waals surface area contributed by atoms with Crippen molar-refractivity contribution in [2.75, 3.05) is 0 Å². The van der Waals surface area contributed by atoms with Crippen LogP contribution in [-0.4, -0.2) is 20.8 Å². The number of halogens is 1. The molecule has 0 bridgehead atoms. The summed E-state index contributed by atoms with van der Waals surface area (Å²) in [4.78, 5) is 10.9. The van der Waals surface area contributed by atoms with E-state index in [0.29, 0.717) is 10.7 Å². The Morgan fingerprint density at radius 1 is 1.42 bits per heavy atom. The Hall–Kier alpha value is -2.27. The molecule has 5 nitrogen and oxygen atoms in total. The molecule has 0 fully saturated rings. The number of benzene rings is 1. The van der Waals surface area contributed by atoms with Crippen LogP contribution < -0.4 is 0 Å². The summed E-state index contributed by atoms with van der Waals surface area (Å²) in [5.41, 5.74) is 2.24. The summed E-state index contributed by atoms with van der Waals surface area (Å²) in [5, 5.41) is 14.3. The third-order valence-electron chi connectivity index (χ3n) is 2.86. The first-order valence-electron chi connectivity index (χ1n) is 5.56. The molecule has 6 heteroatoms. The van der Waals surface area contributed by atoms with Crippen LogP contribution in [-0.2, 0) is 11.3 Å². The summed E-state index contributed by atoms with van der Waals surface area (Å²) < 4.78 is 6.48. The van der Waals surface area contributed by atoms with Gasteiger partial charge in [-0.15, -0.1) is 0 Å². The number of hydrogen-bond donors (Lipinski definition) is 1. The number of carboxylic acid groups (broad SMARTS) is 1. The zero-order valence-electron chi connectivity index (χ0n) is 9.71. The molecule has 0 aliphatic carbocycles. The maximum atomic E-state index is 10.9. The van der Waals surface area contributed by atoms with Crippen LogP contribution in [0.5, 0.6) is 0 Å². The van der Waals surface area contributed by atoms with Crippen molar-refractivity contribution in [2.24, 2.45) is 0 Å². The van der Waals surface area contributed by atoms with E-state index >= 15 is 0 Å². The zero-order chi connectivity index (χ0) is 13.4. The summed E-state index contributed by atoms with van der Waals surface area (Å²) in [7, 11) is 0. The Bertz CT molecular complexity index is 747. The normalized spacial score (nSPS) is 11.0. The largest absolute Gasteiger partial charge is 0.480 e. The van der Waals surface area contributed by atoms with Crippen LogP contribution in [0.3, 0.4) is 0 Å². The molecule has 0 unspecified atom stereocenters. The number of nitrogens with zero attached hydrogens (tertiary/aromatic N) is 2. The third kappa shape index (κ3) is 2.08. The Morgan fingerprint density at radius 2 is 2.26 bits per heavy atom. The van der Waals surface area contributed by atoms with E-state index in [4.69, 9.17) is 21.2 Å². The molecule has 2 aromatic heterocycles. The maximum Gasteiger partial charge on any atom is 0.323 e. The minimum atomic E-state index is -0.904. The summed E-state index contributed by atoms with van der Waals surface area (Å²) in [6.45, 7) is -0.115. The van der Waals surface area contributed by atoms with Crippen LogP contribution >= 0.6 is 11.6 Å². The molecule has 2 heterocycles. The predicted molar refractivity (Wildman–Crippen MR) is 70.1 cm³/mol. The molecule has 3 aromatic rings. The highest BCUT2D eigenvalue weighted by Gasteiger charge is 2.14. The fourth-order valence-corrected chi connectivity index (χ4v) is 2.27. The van der Waals surface area contributed by atoms with Gasteiger partial charge in [-0.3, -0.25) is 4.79 Å². The van der Waals surface area contributed by atoms with E-state index in [0.717, 1.165) is 16.5 Å². The van der Waals surface area contributed by atoms with Gasteiger partial charge in [-0.1, -0.05) is 16.8 Å². The quantitative estimate of drug-likeness (QED) is 0.798. The van der Waals surface area contributed by atoms with Crippen molar-refractivity contribution in [1.82, 2.24) is 9.72 Å². The van der Waals surface area contributed by atoms with E-state index in [1.165, 1.54) is 6.26 Å². The molecule has 96 valence electrons. The van der Waals surface area contributed by atoms with Gasteiger partial charge >= 0.3 is 5.97 Å². The molecule has 1 aromatic carbocycles. The maximum absolute atomic E-state index is 10.9. The number of aromatic nitrogens is 2. The molecule has 19 heavy (non-hydrogen) atoms. The highest BCUT2D eigenvalue weighted by molar-refractivity contribution is 6.31. The lowest BCUT2D eigenvalue weighted by atomic mass is 10.1. The molecule has 0 radical (unpaired) electrons. The average Bonchev–Trinajstić information content (AvgIpc) is 2.96. The van der Waals surface area contributed by atoms with Crippen molar-refractivity contribution in [3.63, 3.8) is 0 Å². The second kappa shape index (κ2) is 4.44. The van der Waals surface area contributed by atoms with Gasteiger partial charge in [0.2, 0.25) is 0 Å². The van der Waals surface area contributed by atoms with E-state index in [9.17, 15) is 4.79 Å². The number of carboxylic acids is 1. The Morgan fingerprint density at radius 3 is 2.95 bits per heavy atom. The lowest BCUT2D eigenvalue weighted by Crippen LogP contribution is -2.07. The molecule has 0 saturated carbocycles. The Balaban J connectivity index is 2.26. The number of hydrogen-bond acceptors (Lipinski definition) is 3. The molecule has 0 amide bonds. The lowest BCUT2D eigenvalue weighted by molar-refractivity contribution is -0.137. The molecular weight excluding hydrogens is 268 g/mol. The molecule has 0 aliphatic rings. The molecule has 1 N–H and O–H groups in total. The Kier molecular flexibility index (Phi) is 2.76. The number of rotatable bonds is 3. The average molecular weight is 277 g/mol. The first-order valence-corrected chi connectivity index (χ1v) is 5.94. The minimum absolute atomic E-state index is 0.115. The summed E-state index contributed by atoms with van der Waals surface area (Å²) >= 11 is 6.00. The first-order chi connectivity index (χ1) is 9.15. The van der Waals surface area contributed by atoms with Crippen LogP contribution in [0.2, 0.25) is 5.02 Å². The highest BCUT2D eigenvalue weighted by Crippen LogP contribution is 2.31. The van der Waals surface area contributed by atoms with Gasteiger partial charge in [-0.05, 0) is 18.2 Å². The number of aliphatic carboxylic acids is 1. The van der Waals surface area contributed by atoms with Gasteiger partial charge in [0, 0.05) is 33.8 Å². The smallest absolute Gasteiger partial charge is 0.323 e. The van der Waals surface area contributed by atoms with Crippen LogP contribution in [0.4, 0.5) is 0 Å². The van der Waals surface area contributed by atoms with Crippen molar-refractivity contribution in [3.05, 3.63) is 41.7 Å². The topological polar surface area (TPSA) is 68.3 Å². The minimum Gasteiger partial charge on any atom is -0.480 e. The van der Waals surface area contributed by atoms with Crippen molar-refractivity contribution in [3.8, 4) is 11.3 Å². The van der Waals surface area contributed by atoms with Crippen molar-refractivity contribution >= 4 is 28.5 Å². The molecule has 0 aliphatic heterocycles. The van der Waals surface area contributed by atoms with Crippen LogP contribution in [0.25, 0.3) is 22.2 Å².